The molecule has 0 spiro atoms. The van der Waals surface area contributed by atoms with Gasteiger partial charge in [0.05, 0.1) is 10.5 Å². The lowest BCUT2D eigenvalue weighted by molar-refractivity contribution is 0.102. The normalized spacial score (nSPS) is 10.9. The Labute approximate surface area is 131 Å². The molecular formula is C16H13ClFN3O. The molecule has 0 atom stereocenters. The summed E-state index contributed by atoms with van der Waals surface area (Å²) in [7, 11) is 0. The number of carbonyl (C=O) groups excluding carboxylic acids is 1. The van der Waals surface area contributed by atoms with Gasteiger partial charge in [-0.3, -0.25) is 4.79 Å². The van der Waals surface area contributed by atoms with Gasteiger partial charge in [-0.1, -0.05) is 24.6 Å². The monoisotopic (exact) mass is 317 g/mol. The molecule has 4 nitrogen and oxygen atoms in total. The van der Waals surface area contributed by atoms with Crippen LogP contribution in [0, 0.1) is 5.82 Å². The number of hydrogen-bond donors (Lipinski definition) is 1. The van der Waals surface area contributed by atoms with Gasteiger partial charge in [0.1, 0.15) is 11.6 Å². The summed E-state index contributed by atoms with van der Waals surface area (Å²) in [5.41, 5.74) is 1.48. The van der Waals surface area contributed by atoms with Crippen LogP contribution in [-0.2, 0) is 6.42 Å². The molecule has 2 heterocycles. The number of amides is 1. The third-order valence-corrected chi connectivity index (χ3v) is 3.62. The summed E-state index contributed by atoms with van der Waals surface area (Å²) in [6.45, 7) is 1.98. The summed E-state index contributed by atoms with van der Waals surface area (Å²) in [5, 5.41) is 2.65. The van der Waals surface area contributed by atoms with Crippen LogP contribution >= 0.6 is 11.6 Å². The van der Waals surface area contributed by atoms with Gasteiger partial charge in [0, 0.05) is 18.3 Å². The maximum absolute atomic E-state index is 13.2. The minimum Gasteiger partial charge on any atom is -0.321 e. The molecule has 0 aliphatic carbocycles. The molecule has 0 aliphatic heterocycles. The predicted octanol–water partition coefficient (Wildman–Crippen LogP) is 3.94. The first-order valence-corrected chi connectivity index (χ1v) is 7.20. The number of benzene rings is 1. The SMILES string of the molecule is CCc1nc(C(=O)Nc2ccc(F)c(Cl)c2)c2ccccn12. The number of fused-ring (bicyclic) bond motifs is 1. The van der Waals surface area contributed by atoms with Crippen molar-refractivity contribution in [3.63, 3.8) is 0 Å². The molecule has 1 amide bonds. The van der Waals surface area contributed by atoms with E-state index in [2.05, 4.69) is 10.3 Å². The highest BCUT2D eigenvalue weighted by Gasteiger charge is 2.16. The van der Waals surface area contributed by atoms with Gasteiger partial charge in [-0.05, 0) is 30.3 Å². The topological polar surface area (TPSA) is 46.4 Å². The third-order valence-electron chi connectivity index (χ3n) is 3.33. The van der Waals surface area contributed by atoms with Crippen molar-refractivity contribution in [3.05, 3.63) is 65.0 Å². The van der Waals surface area contributed by atoms with Gasteiger partial charge in [0.15, 0.2) is 5.69 Å². The van der Waals surface area contributed by atoms with Crippen molar-refractivity contribution in [2.45, 2.75) is 13.3 Å². The van der Waals surface area contributed by atoms with Crippen molar-refractivity contribution in [2.24, 2.45) is 0 Å². The molecule has 0 saturated heterocycles. The Morgan fingerprint density at radius 3 is 2.91 bits per heavy atom. The second-order valence-electron chi connectivity index (χ2n) is 4.77. The van der Waals surface area contributed by atoms with Gasteiger partial charge in [0.2, 0.25) is 0 Å². The number of aromatic nitrogens is 2. The van der Waals surface area contributed by atoms with E-state index < -0.39 is 5.82 Å². The van der Waals surface area contributed by atoms with Gasteiger partial charge < -0.3 is 9.72 Å². The maximum Gasteiger partial charge on any atom is 0.276 e. The van der Waals surface area contributed by atoms with E-state index >= 15 is 0 Å². The first-order chi connectivity index (χ1) is 10.6. The molecule has 112 valence electrons. The van der Waals surface area contributed by atoms with Crippen molar-refractivity contribution in [3.8, 4) is 0 Å². The standard InChI is InChI=1S/C16H13ClFN3O/c1-2-14-20-15(13-5-3-4-8-21(13)14)16(22)19-10-6-7-12(18)11(17)9-10/h3-9H,2H2,1H3,(H,19,22). The zero-order valence-electron chi connectivity index (χ0n) is 11.8. The number of rotatable bonds is 3. The number of carbonyl (C=O) groups is 1. The second kappa shape index (κ2) is 5.77. The number of pyridine rings is 1. The highest BCUT2D eigenvalue weighted by Crippen LogP contribution is 2.21. The Morgan fingerprint density at radius 2 is 2.18 bits per heavy atom. The summed E-state index contributed by atoms with van der Waals surface area (Å²) in [5.74, 6) is -0.0793. The largest absolute Gasteiger partial charge is 0.321 e. The number of halogens is 2. The van der Waals surface area contributed by atoms with Crippen LogP contribution in [0.5, 0.6) is 0 Å². The van der Waals surface area contributed by atoms with E-state index in [-0.39, 0.29) is 10.9 Å². The Balaban J connectivity index is 1.97. The Bertz CT molecular complexity index is 860. The van der Waals surface area contributed by atoms with Gasteiger partial charge in [0.25, 0.3) is 5.91 Å². The average Bonchev–Trinajstić information content (AvgIpc) is 2.90. The smallest absolute Gasteiger partial charge is 0.276 e. The Morgan fingerprint density at radius 1 is 1.36 bits per heavy atom. The van der Waals surface area contributed by atoms with Crippen LogP contribution < -0.4 is 5.32 Å². The number of nitrogens with one attached hydrogen (secondary N) is 1. The highest BCUT2D eigenvalue weighted by atomic mass is 35.5. The molecule has 0 fully saturated rings. The van der Waals surface area contributed by atoms with Crippen LogP contribution in [0.3, 0.4) is 0 Å². The number of anilines is 1. The summed E-state index contributed by atoms with van der Waals surface area (Å²) in [4.78, 5) is 16.8. The number of hydrogen-bond acceptors (Lipinski definition) is 2. The molecular weight excluding hydrogens is 305 g/mol. The molecule has 0 radical (unpaired) electrons. The molecule has 0 bridgehead atoms. The van der Waals surface area contributed by atoms with Crippen LogP contribution in [0.1, 0.15) is 23.2 Å². The minimum atomic E-state index is -0.527. The van der Waals surface area contributed by atoms with Gasteiger partial charge in [-0.2, -0.15) is 0 Å². The van der Waals surface area contributed by atoms with Crippen molar-refractivity contribution in [1.82, 2.24) is 9.38 Å². The van der Waals surface area contributed by atoms with Crippen LogP contribution in [0.2, 0.25) is 5.02 Å². The quantitative estimate of drug-likeness (QED) is 0.795. The van der Waals surface area contributed by atoms with Crippen molar-refractivity contribution < 1.29 is 9.18 Å². The van der Waals surface area contributed by atoms with Crippen LogP contribution in [0.25, 0.3) is 5.52 Å². The first-order valence-electron chi connectivity index (χ1n) is 6.82. The molecule has 6 heteroatoms. The van der Waals surface area contributed by atoms with Crippen LogP contribution in [0.4, 0.5) is 10.1 Å². The molecule has 1 N–H and O–H groups in total. The summed E-state index contributed by atoms with van der Waals surface area (Å²) < 4.78 is 15.0. The van der Waals surface area contributed by atoms with Gasteiger partial charge in [-0.15, -0.1) is 0 Å². The molecule has 0 aliphatic rings. The molecule has 22 heavy (non-hydrogen) atoms. The summed E-state index contributed by atoms with van der Waals surface area (Å²) in [6.07, 6.45) is 2.58. The molecule has 3 rings (SSSR count). The Kier molecular flexibility index (Phi) is 3.81. The Hall–Kier alpha value is -2.40. The number of nitrogens with zero attached hydrogens (tertiary/aromatic N) is 2. The van der Waals surface area contributed by atoms with E-state index in [0.717, 1.165) is 11.3 Å². The average molecular weight is 318 g/mol. The van der Waals surface area contributed by atoms with E-state index in [9.17, 15) is 9.18 Å². The van der Waals surface area contributed by atoms with Crippen molar-refractivity contribution in [2.75, 3.05) is 5.32 Å². The van der Waals surface area contributed by atoms with E-state index in [1.165, 1.54) is 18.2 Å². The van der Waals surface area contributed by atoms with E-state index in [1.807, 2.05) is 35.7 Å². The number of aryl methyl sites for hydroxylation is 1. The third kappa shape index (κ3) is 2.55. The van der Waals surface area contributed by atoms with E-state index in [0.29, 0.717) is 17.8 Å². The summed E-state index contributed by atoms with van der Waals surface area (Å²) in [6, 6.07) is 9.60. The van der Waals surface area contributed by atoms with Gasteiger partial charge in [-0.25, -0.2) is 9.37 Å². The minimum absolute atomic E-state index is 0.0401. The second-order valence-corrected chi connectivity index (χ2v) is 5.18. The molecule has 3 aromatic rings. The van der Waals surface area contributed by atoms with E-state index in [4.69, 9.17) is 11.6 Å². The van der Waals surface area contributed by atoms with Crippen LogP contribution in [0.15, 0.2) is 42.6 Å². The lowest BCUT2D eigenvalue weighted by Crippen LogP contribution is -2.13. The zero-order valence-corrected chi connectivity index (χ0v) is 12.6. The molecule has 0 saturated carbocycles. The van der Waals surface area contributed by atoms with Crippen molar-refractivity contribution >= 4 is 28.7 Å². The molecule has 1 aromatic carbocycles. The zero-order chi connectivity index (χ0) is 15.7. The first kappa shape index (κ1) is 14.5. The lowest BCUT2D eigenvalue weighted by Gasteiger charge is -2.04. The fourth-order valence-corrected chi connectivity index (χ4v) is 2.46. The molecule has 2 aromatic heterocycles. The fourth-order valence-electron chi connectivity index (χ4n) is 2.28. The maximum atomic E-state index is 13.2. The summed E-state index contributed by atoms with van der Waals surface area (Å²) >= 11 is 5.72. The predicted molar refractivity (Wildman–Crippen MR) is 83.9 cm³/mol. The van der Waals surface area contributed by atoms with Crippen molar-refractivity contribution in [1.29, 1.82) is 0 Å². The van der Waals surface area contributed by atoms with Gasteiger partial charge >= 0.3 is 0 Å². The van der Waals surface area contributed by atoms with E-state index in [1.54, 1.807) is 0 Å². The molecule has 0 unspecified atom stereocenters. The fraction of sp³-hybridized carbons (Fsp3) is 0.125. The lowest BCUT2D eigenvalue weighted by atomic mass is 10.2. The number of imidazole rings is 1. The van der Waals surface area contributed by atoms with Crippen LogP contribution in [-0.4, -0.2) is 15.3 Å². The highest BCUT2D eigenvalue weighted by molar-refractivity contribution is 6.31.